The number of rotatable bonds is 4. The highest BCUT2D eigenvalue weighted by atomic mass is 16.5. The average Bonchev–Trinajstić information content (AvgIpc) is 2.52. The minimum Gasteiger partial charge on any atom is -0.493 e. The third-order valence-electron chi connectivity index (χ3n) is 3.95. The van der Waals surface area contributed by atoms with E-state index >= 15 is 0 Å². The Kier molecular flexibility index (Phi) is 3.88. The lowest BCUT2D eigenvalue weighted by Crippen LogP contribution is -2.10. The summed E-state index contributed by atoms with van der Waals surface area (Å²) >= 11 is 0. The van der Waals surface area contributed by atoms with Crippen LogP contribution in [-0.4, -0.2) is 6.61 Å². The van der Waals surface area contributed by atoms with Crippen LogP contribution < -0.4 is 10.2 Å². The van der Waals surface area contributed by atoms with Crippen LogP contribution in [0.3, 0.4) is 0 Å². The van der Waals surface area contributed by atoms with Gasteiger partial charge in [0.05, 0.1) is 6.61 Å². The van der Waals surface area contributed by atoms with Gasteiger partial charge in [-0.25, -0.2) is 0 Å². The predicted molar refractivity (Wildman–Crippen MR) is 89.0 cm³/mol. The Morgan fingerprint density at radius 3 is 2.73 bits per heavy atom. The maximum atomic E-state index is 12.1. The highest BCUT2D eigenvalue weighted by Crippen LogP contribution is 2.31. The summed E-state index contributed by atoms with van der Waals surface area (Å²) in [5.74, 6) is 1.46. The molecule has 3 rings (SSSR count). The number of fused-ring (bicyclic) bond motifs is 2. The quantitative estimate of drug-likeness (QED) is 0.518. The summed E-state index contributed by atoms with van der Waals surface area (Å²) in [6.07, 6.45) is 2.14. The molecule has 1 aliphatic carbocycles. The summed E-state index contributed by atoms with van der Waals surface area (Å²) in [4.78, 5) is 12.1. The van der Waals surface area contributed by atoms with Crippen LogP contribution in [0.2, 0.25) is 0 Å². The third kappa shape index (κ3) is 2.59. The lowest BCUT2D eigenvalue weighted by atomic mass is 10.0. The average molecular weight is 296 g/mol. The second kappa shape index (κ2) is 5.84. The molecule has 0 saturated carbocycles. The Bertz CT molecular complexity index is 845. The smallest absolute Gasteiger partial charge is 0.188 e. The summed E-state index contributed by atoms with van der Waals surface area (Å²) in [6.45, 7) is 6.49. The lowest BCUT2D eigenvalue weighted by Gasteiger charge is -2.12. The molecule has 0 N–H and O–H groups in total. The van der Waals surface area contributed by atoms with Gasteiger partial charge in [0.1, 0.15) is 17.1 Å². The normalized spacial score (nSPS) is 11.2. The maximum Gasteiger partial charge on any atom is 0.188 e. The Morgan fingerprint density at radius 1 is 1.14 bits per heavy atom. The van der Waals surface area contributed by atoms with Gasteiger partial charge < -0.3 is 9.15 Å². The Hall–Kier alpha value is -2.29. The van der Waals surface area contributed by atoms with Crippen molar-refractivity contribution >= 4 is 11.0 Å². The van der Waals surface area contributed by atoms with E-state index in [9.17, 15) is 4.79 Å². The third-order valence-corrected chi connectivity index (χ3v) is 3.95. The van der Waals surface area contributed by atoms with Gasteiger partial charge in [0, 0.05) is 22.6 Å². The number of ether oxygens (including phenoxy) is 1. The molecule has 0 aromatic heterocycles. The summed E-state index contributed by atoms with van der Waals surface area (Å²) in [7, 11) is 0. The first-order valence-corrected chi connectivity index (χ1v) is 7.71. The Labute approximate surface area is 129 Å². The van der Waals surface area contributed by atoms with Crippen LogP contribution in [0.1, 0.15) is 30.9 Å². The number of hydrogen-bond donors (Lipinski definition) is 0. The predicted octanol–water partition coefficient (Wildman–Crippen LogP) is 4.69. The van der Waals surface area contributed by atoms with Gasteiger partial charge in [0.25, 0.3) is 0 Å². The van der Waals surface area contributed by atoms with Crippen molar-refractivity contribution in [1.29, 1.82) is 0 Å². The van der Waals surface area contributed by atoms with Gasteiger partial charge in [-0.2, -0.15) is 0 Å². The molecule has 0 atom stereocenters. The zero-order valence-corrected chi connectivity index (χ0v) is 13.2. The van der Waals surface area contributed by atoms with E-state index in [2.05, 4.69) is 13.0 Å². The molecule has 3 heteroatoms. The van der Waals surface area contributed by atoms with Crippen LogP contribution in [0.15, 0.2) is 39.5 Å². The van der Waals surface area contributed by atoms with Crippen molar-refractivity contribution < 1.29 is 9.15 Å². The first-order valence-electron chi connectivity index (χ1n) is 7.71. The van der Waals surface area contributed by atoms with E-state index in [0.29, 0.717) is 17.9 Å². The van der Waals surface area contributed by atoms with Gasteiger partial charge in [0.2, 0.25) is 0 Å². The zero-order valence-electron chi connectivity index (χ0n) is 13.2. The van der Waals surface area contributed by atoms with E-state index in [-0.39, 0.29) is 5.43 Å². The van der Waals surface area contributed by atoms with Crippen LogP contribution in [0, 0.1) is 13.8 Å². The summed E-state index contributed by atoms with van der Waals surface area (Å²) < 4.78 is 11.7. The topological polar surface area (TPSA) is 39.4 Å². The molecule has 1 heterocycles. The lowest BCUT2D eigenvalue weighted by molar-refractivity contribution is 0.309. The fourth-order valence-electron chi connectivity index (χ4n) is 2.65. The Balaban J connectivity index is 2.11. The first-order chi connectivity index (χ1) is 10.6. The molecular formula is C19H20O3. The van der Waals surface area contributed by atoms with E-state index in [1.807, 2.05) is 38.1 Å². The highest BCUT2D eigenvalue weighted by Gasteiger charge is 2.14. The van der Waals surface area contributed by atoms with Crippen LogP contribution in [0.4, 0.5) is 0 Å². The minimum atomic E-state index is 0.0472. The Morgan fingerprint density at radius 2 is 1.95 bits per heavy atom. The summed E-state index contributed by atoms with van der Waals surface area (Å²) in [6, 6.07) is 9.80. The van der Waals surface area contributed by atoms with Crippen molar-refractivity contribution in [2.24, 2.45) is 0 Å². The van der Waals surface area contributed by atoms with Gasteiger partial charge in [-0.05, 0) is 50.1 Å². The number of benzene rings is 2. The van der Waals surface area contributed by atoms with Gasteiger partial charge in [-0.15, -0.1) is 0 Å². The van der Waals surface area contributed by atoms with Gasteiger partial charge in [-0.3, -0.25) is 4.79 Å². The maximum absolute atomic E-state index is 12.1. The number of hydrogen-bond acceptors (Lipinski definition) is 3. The molecular weight excluding hydrogens is 276 g/mol. The molecule has 2 aliphatic rings. The van der Waals surface area contributed by atoms with Crippen LogP contribution in [0.5, 0.6) is 5.75 Å². The van der Waals surface area contributed by atoms with Crippen LogP contribution in [-0.2, 0) is 0 Å². The standard InChI is InChI=1S/C19H20O3/c1-4-5-8-21-16-7-6-14-10-15-9-12(2)18(20)13(3)19(15)22-17(14)11-16/h6-7,9-11H,4-5,8H2,1-3H3. The molecule has 1 aromatic rings. The second-order valence-electron chi connectivity index (χ2n) is 5.71. The summed E-state index contributed by atoms with van der Waals surface area (Å²) in [5, 5.41) is 1.01. The second-order valence-corrected chi connectivity index (χ2v) is 5.71. The monoisotopic (exact) mass is 296 g/mol. The van der Waals surface area contributed by atoms with Gasteiger partial charge >= 0.3 is 0 Å². The van der Waals surface area contributed by atoms with Gasteiger partial charge in [-0.1, -0.05) is 13.3 Å². The van der Waals surface area contributed by atoms with E-state index in [1.165, 1.54) is 0 Å². The molecule has 1 aliphatic heterocycles. The van der Waals surface area contributed by atoms with E-state index < -0.39 is 0 Å². The molecule has 0 amide bonds. The van der Waals surface area contributed by atoms with Crippen molar-refractivity contribution in [3.05, 3.63) is 51.7 Å². The fraction of sp³-hybridized carbons (Fsp3) is 0.316. The van der Waals surface area contributed by atoms with E-state index in [4.69, 9.17) is 9.15 Å². The van der Waals surface area contributed by atoms with Crippen LogP contribution >= 0.6 is 0 Å². The molecule has 0 fully saturated rings. The van der Waals surface area contributed by atoms with E-state index in [1.54, 1.807) is 0 Å². The molecule has 0 radical (unpaired) electrons. The SMILES string of the molecule is CCCCOc1ccc2cc3cc(C)c(=O)c(C)c-3oc2c1. The molecule has 114 valence electrons. The number of aryl methyl sites for hydroxylation is 1. The molecule has 0 spiro atoms. The number of unbranched alkanes of at least 4 members (excludes halogenated alkanes) is 1. The summed E-state index contributed by atoms with van der Waals surface area (Å²) in [5.41, 5.74) is 3.16. The van der Waals surface area contributed by atoms with E-state index in [0.717, 1.165) is 40.7 Å². The van der Waals surface area contributed by atoms with Crippen molar-refractivity contribution in [3.8, 4) is 17.1 Å². The molecule has 22 heavy (non-hydrogen) atoms. The zero-order chi connectivity index (χ0) is 15.7. The van der Waals surface area contributed by atoms with Crippen molar-refractivity contribution in [2.75, 3.05) is 6.61 Å². The van der Waals surface area contributed by atoms with Gasteiger partial charge in [0.15, 0.2) is 5.43 Å². The molecule has 0 saturated heterocycles. The van der Waals surface area contributed by atoms with Crippen molar-refractivity contribution in [1.82, 2.24) is 0 Å². The largest absolute Gasteiger partial charge is 0.493 e. The first kappa shape index (κ1) is 14.6. The molecule has 3 nitrogen and oxygen atoms in total. The molecule has 1 aromatic carbocycles. The fourth-order valence-corrected chi connectivity index (χ4v) is 2.65. The van der Waals surface area contributed by atoms with Crippen molar-refractivity contribution in [3.63, 3.8) is 0 Å². The van der Waals surface area contributed by atoms with Crippen molar-refractivity contribution in [2.45, 2.75) is 33.6 Å². The highest BCUT2D eigenvalue weighted by molar-refractivity contribution is 5.84. The molecule has 0 unspecified atom stereocenters. The minimum absolute atomic E-state index is 0.0472. The molecule has 0 bridgehead atoms. The van der Waals surface area contributed by atoms with Crippen LogP contribution in [0.25, 0.3) is 22.3 Å².